The summed E-state index contributed by atoms with van der Waals surface area (Å²) < 4.78 is 13.5. The number of rotatable bonds is 6. The van der Waals surface area contributed by atoms with E-state index in [1.807, 2.05) is 0 Å². The normalized spacial score (nSPS) is 38.6. The van der Waals surface area contributed by atoms with Crippen molar-refractivity contribution in [1.29, 1.82) is 0 Å². The van der Waals surface area contributed by atoms with E-state index in [0.29, 0.717) is 12.8 Å². The third-order valence-electron chi connectivity index (χ3n) is 11.6. The molecule has 45 heavy (non-hydrogen) atoms. The third kappa shape index (κ3) is 4.84. The number of fused-ring (bicyclic) bond motifs is 7. The number of hydrogen-bond acceptors (Lipinski definition) is 7. The van der Waals surface area contributed by atoms with Gasteiger partial charge in [0.2, 0.25) is 0 Å². The van der Waals surface area contributed by atoms with Crippen LogP contribution in [-0.2, 0) is 20.7 Å². The average Bonchev–Trinajstić information content (AvgIpc) is 3.65. The van der Waals surface area contributed by atoms with Gasteiger partial charge in [0.1, 0.15) is 6.61 Å². The number of thiophene rings is 1. The lowest BCUT2D eigenvalue weighted by Crippen LogP contribution is -2.63. The molecule has 5 aliphatic rings. The molecule has 0 spiro atoms. The van der Waals surface area contributed by atoms with Crippen molar-refractivity contribution >= 4 is 22.8 Å². The molecule has 3 N–H and O–H groups in total. The first-order chi connectivity index (χ1) is 21.3. The lowest BCUT2D eigenvalue weighted by molar-refractivity contribution is -0.200. The summed E-state index contributed by atoms with van der Waals surface area (Å²) in [5.74, 6) is 0.0698. The molecular formula is C38H47NO5S. The van der Waals surface area contributed by atoms with Crippen LogP contribution in [-0.4, -0.2) is 46.0 Å². The van der Waals surface area contributed by atoms with Gasteiger partial charge in [-0.25, -0.2) is 0 Å². The molecule has 1 aromatic carbocycles. The molecular weight excluding hydrogens is 582 g/mol. The number of carbonyl (C=O) groups excluding carboxylic acids is 1. The van der Waals surface area contributed by atoms with Crippen molar-refractivity contribution in [3.05, 3.63) is 87.7 Å². The van der Waals surface area contributed by atoms with Crippen molar-refractivity contribution < 1.29 is 24.5 Å². The first kappa shape index (κ1) is 31.1. The van der Waals surface area contributed by atoms with Gasteiger partial charge >= 0.3 is 0 Å². The molecule has 2 aromatic rings. The molecule has 4 aliphatic carbocycles. The lowest BCUT2D eigenvalue weighted by Gasteiger charge is -2.59. The summed E-state index contributed by atoms with van der Waals surface area (Å²) in [5, 5.41) is 27.9. The van der Waals surface area contributed by atoms with Crippen LogP contribution in [0.15, 0.2) is 71.7 Å². The van der Waals surface area contributed by atoms with Crippen LogP contribution in [0.5, 0.6) is 0 Å². The van der Waals surface area contributed by atoms with E-state index in [1.54, 1.807) is 11.3 Å². The third-order valence-corrected chi connectivity index (χ3v) is 12.7. The Morgan fingerprint density at radius 2 is 2.00 bits per heavy atom. The standard InChI is InChI=1S/C38H47NO5S/c1-22-12-13-36(5)25(14-22)10-11-27-28-18-32-38(31(42)20-40,37(28,6)19-29(41)33(27)36)44-34(43-32)30-17-24(21-45-30)15-23-8-7-9-26(16-23)39-35(2,3)4/h7-9,12-14,16-17,21,27-29,32-34,39-41H,1,10-11,15,18-20H2,2-6H3/t27-,28-,29-,32+,33+,34+,36-,37-,38+/m0/s1. The molecule has 6 nitrogen and oxygen atoms in total. The SMILES string of the molecule is C=C1C=C[C@@]2(C)C(=C1)CC[C@@H]1[C@@H]2[C@@H](O)C[C@@]2(C)[C@H]1C[C@H]1O[C@@H](c3cc(Cc4cccc(NC(C)(C)C)c4)cs3)O[C@]12C(=O)CO. The van der Waals surface area contributed by atoms with Gasteiger partial charge in [-0.3, -0.25) is 4.79 Å². The highest BCUT2D eigenvalue weighted by atomic mass is 32.1. The summed E-state index contributed by atoms with van der Waals surface area (Å²) in [6, 6.07) is 10.6. The molecule has 4 fully saturated rings. The van der Waals surface area contributed by atoms with Gasteiger partial charge in [0.25, 0.3) is 0 Å². The first-order valence-corrected chi connectivity index (χ1v) is 17.3. The number of aliphatic hydroxyl groups excluding tert-OH is 2. The van der Waals surface area contributed by atoms with Crippen molar-refractivity contribution in [1.82, 2.24) is 0 Å². The quantitative estimate of drug-likeness (QED) is 0.315. The summed E-state index contributed by atoms with van der Waals surface area (Å²) in [6.45, 7) is 14.4. The molecule has 1 aliphatic heterocycles. The fourth-order valence-corrected chi connectivity index (χ4v) is 10.8. The topological polar surface area (TPSA) is 88.0 Å². The molecule has 1 saturated heterocycles. The maximum Gasteiger partial charge on any atom is 0.194 e. The number of Topliss-reactive ketones (excluding diaryl/α,β-unsaturated/α-hetero) is 1. The Labute approximate surface area is 271 Å². The van der Waals surface area contributed by atoms with Gasteiger partial charge in [-0.05, 0) is 105 Å². The molecule has 3 saturated carbocycles. The number of benzene rings is 1. The molecule has 0 radical (unpaired) electrons. The fraction of sp³-hybridized carbons (Fsp3) is 0.553. The monoisotopic (exact) mass is 629 g/mol. The molecule has 7 heteroatoms. The van der Waals surface area contributed by atoms with E-state index in [-0.39, 0.29) is 34.5 Å². The zero-order chi connectivity index (χ0) is 31.9. The van der Waals surface area contributed by atoms with Gasteiger partial charge in [-0.1, -0.05) is 56.4 Å². The smallest absolute Gasteiger partial charge is 0.194 e. The van der Waals surface area contributed by atoms with Gasteiger partial charge in [0.05, 0.1) is 17.1 Å². The lowest BCUT2D eigenvalue weighted by atomic mass is 9.46. The first-order valence-electron chi connectivity index (χ1n) is 16.5. The number of hydrogen-bond donors (Lipinski definition) is 3. The summed E-state index contributed by atoms with van der Waals surface area (Å²) in [7, 11) is 0. The van der Waals surface area contributed by atoms with E-state index in [1.165, 1.54) is 11.1 Å². The maximum absolute atomic E-state index is 13.9. The molecule has 1 aromatic heterocycles. The minimum Gasteiger partial charge on any atom is -0.393 e. The Morgan fingerprint density at radius 1 is 1.20 bits per heavy atom. The Hall–Kier alpha value is -2.55. The van der Waals surface area contributed by atoms with Crippen LogP contribution >= 0.6 is 11.3 Å². The highest BCUT2D eigenvalue weighted by Crippen LogP contribution is 2.70. The largest absolute Gasteiger partial charge is 0.393 e. The van der Waals surface area contributed by atoms with Crippen LogP contribution in [0.25, 0.3) is 0 Å². The van der Waals surface area contributed by atoms with E-state index >= 15 is 0 Å². The second kappa shape index (κ2) is 10.7. The Morgan fingerprint density at radius 3 is 2.76 bits per heavy atom. The zero-order valence-electron chi connectivity index (χ0n) is 27.1. The Kier molecular flexibility index (Phi) is 7.42. The van der Waals surface area contributed by atoms with E-state index in [0.717, 1.165) is 41.0 Å². The maximum atomic E-state index is 13.9. The van der Waals surface area contributed by atoms with Crippen molar-refractivity contribution in [2.45, 2.75) is 96.4 Å². The average molecular weight is 630 g/mol. The van der Waals surface area contributed by atoms with Gasteiger partial charge in [-0.2, -0.15) is 0 Å². The highest BCUT2D eigenvalue weighted by Gasteiger charge is 2.76. The fourth-order valence-electron chi connectivity index (χ4n) is 9.93. The van der Waals surface area contributed by atoms with Crippen molar-refractivity contribution in [3.8, 4) is 0 Å². The van der Waals surface area contributed by atoms with Gasteiger partial charge in [0.15, 0.2) is 17.7 Å². The second-order valence-electron chi connectivity index (χ2n) is 15.6. The van der Waals surface area contributed by atoms with Gasteiger partial charge in [-0.15, -0.1) is 11.3 Å². The van der Waals surface area contributed by atoms with E-state index in [2.05, 4.69) is 100 Å². The number of allylic oxidation sites excluding steroid dienone is 5. The van der Waals surface area contributed by atoms with Gasteiger partial charge in [0, 0.05) is 28.0 Å². The Balaban J connectivity index is 1.15. The van der Waals surface area contributed by atoms with Gasteiger partial charge < -0.3 is 25.0 Å². The van der Waals surface area contributed by atoms with Crippen LogP contribution in [0.1, 0.15) is 82.6 Å². The minimum atomic E-state index is -1.30. The predicted octanol–water partition coefficient (Wildman–Crippen LogP) is 7.14. The predicted molar refractivity (Wildman–Crippen MR) is 178 cm³/mol. The van der Waals surface area contributed by atoms with Crippen LogP contribution < -0.4 is 5.32 Å². The van der Waals surface area contributed by atoms with E-state index in [9.17, 15) is 15.0 Å². The molecule has 0 amide bonds. The number of nitrogens with one attached hydrogen (secondary N) is 1. The number of ketones is 1. The summed E-state index contributed by atoms with van der Waals surface area (Å²) in [5.41, 5.74) is 3.61. The van der Waals surface area contributed by atoms with Crippen molar-refractivity contribution in [3.63, 3.8) is 0 Å². The van der Waals surface area contributed by atoms with E-state index in [4.69, 9.17) is 9.47 Å². The summed E-state index contributed by atoms with van der Waals surface area (Å²) in [6.07, 6.45) is 8.55. The van der Waals surface area contributed by atoms with Crippen LogP contribution in [0, 0.1) is 28.6 Å². The zero-order valence-corrected chi connectivity index (χ0v) is 28.0. The number of aliphatic hydroxyl groups is 2. The second-order valence-corrected chi connectivity index (χ2v) is 16.6. The van der Waals surface area contributed by atoms with Crippen molar-refractivity contribution in [2.75, 3.05) is 11.9 Å². The van der Waals surface area contributed by atoms with Crippen LogP contribution in [0.3, 0.4) is 0 Å². The Bertz CT molecular complexity index is 1580. The van der Waals surface area contributed by atoms with Crippen LogP contribution in [0.2, 0.25) is 0 Å². The summed E-state index contributed by atoms with van der Waals surface area (Å²) in [4.78, 5) is 14.8. The highest BCUT2D eigenvalue weighted by molar-refractivity contribution is 7.10. The molecule has 0 unspecified atom stereocenters. The molecule has 9 atom stereocenters. The van der Waals surface area contributed by atoms with E-state index < -0.39 is 36.1 Å². The molecule has 7 rings (SSSR count). The number of anilines is 1. The number of ether oxygens (including phenoxy) is 2. The molecule has 240 valence electrons. The molecule has 2 heterocycles. The summed E-state index contributed by atoms with van der Waals surface area (Å²) >= 11 is 1.59. The number of carbonyl (C=O) groups is 1. The minimum absolute atomic E-state index is 0.0201. The van der Waals surface area contributed by atoms with Crippen molar-refractivity contribution in [2.24, 2.45) is 28.6 Å². The van der Waals surface area contributed by atoms with Crippen LogP contribution in [0.4, 0.5) is 5.69 Å². The molecule has 0 bridgehead atoms.